The Morgan fingerprint density at radius 1 is 1.09 bits per heavy atom. The summed E-state index contributed by atoms with van der Waals surface area (Å²) in [5.74, 6) is 0.0456. The third-order valence-corrected chi connectivity index (χ3v) is 8.03. The number of morpholine rings is 1. The molecule has 34 heavy (non-hydrogen) atoms. The normalized spacial score (nSPS) is 14.9. The van der Waals surface area contributed by atoms with E-state index >= 15 is 0 Å². The number of thiophene rings is 1. The lowest BCUT2D eigenvalue weighted by Gasteiger charge is -2.29. The van der Waals surface area contributed by atoms with Crippen molar-refractivity contribution in [2.45, 2.75) is 23.9 Å². The zero-order valence-electron chi connectivity index (χ0n) is 18.8. The molecule has 1 fully saturated rings. The van der Waals surface area contributed by atoms with Crippen LogP contribution in [0.1, 0.15) is 12.5 Å². The van der Waals surface area contributed by atoms with Gasteiger partial charge >= 0.3 is 0 Å². The Morgan fingerprint density at radius 2 is 1.76 bits per heavy atom. The Hall–Kier alpha value is -2.94. The molecule has 2 aromatic carbocycles. The van der Waals surface area contributed by atoms with Crippen molar-refractivity contribution >= 4 is 39.2 Å². The fourth-order valence-electron chi connectivity index (χ4n) is 3.98. The summed E-state index contributed by atoms with van der Waals surface area (Å²) in [5.41, 5.74) is 2.67. The van der Waals surface area contributed by atoms with Crippen molar-refractivity contribution in [2.24, 2.45) is 0 Å². The molecule has 1 aliphatic heterocycles. The molecule has 1 amide bonds. The van der Waals surface area contributed by atoms with Gasteiger partial charge in [0.1, 0.15) is 4.70 Å². The molecule has 1 atom stereocenters. The molecule has 174 valence electrons. The van der Waals surface area contributed by atoms with Crippen LogP contribution in [0, 0.1) is 0 Å². The van der Waals surface area contributed by atoms with Crippen LogP contribution in [0.2, 0.25) is 0 Å². The van der Waals surface area contributed by atoms with E-state index in [9.17, 15) is 9.59 Å². The summed E-state index contributed by atoms with van der Waals surface area (Å²) in [5, 5.41) is 0.199. The number of nitrogens with zero attached hydrogens (tertiary/aromatic N) is 3. The molecule has 4 aromatic rings. The second-order valence-corrected chi connectivity index (χ2v) is 10.5. The summed E-state index contributed by atoms with van der Waals surface area (Å²) < 4.78 is 7.71. The highest BCUT2D eigenvalue weighted by atomic mass is 32.2. The summed E-state index contributed by atoms with van der Waals surface area (Å²) in [4.78, 5) is 34.4. The van der Waals surface area contributed by atoms with Gasteiger partial charge in [0, 0.05) is 18.0 Å². The van der Waals surface area contributed by atoms with Gasteiger partial charge in [-0.2, -0.15) is 0 Å². The van der Waals surface area contributed by atoms with Gasteiger partial charge in [0.25, 0.3) is 5.56 Å². The number of hydrogen-bond donors (Lipinski definition) is 0. The minimum atomic E-state index is -0.364. The number of benzene rings is 2. The van der Waals surface area contributed by atoms with E-state index in [0.717, 1.165) is 16.0 Å². The molecule has 1 unspecified atom stereocenters. The lowest BCUT2D eigenvalue weighted by molar-refractivity contribution is -0.134. The highest BCUT2D eigenvalue weighted by Gasteiger charge is 2.26. The number of fused-ring (bicyclic) bond motifs is 1. The third kappa shape index (κ3) is 4.80. The second-order valence-electron chi connectivity index (χ2n) is 8.16. The molecular weight excluding hydrogens is 466 g/mol. The van der Waals surface area contributed by atoms with E-state index in [1.807, 2.05) is 78.6 Å². The Balaban J connectivity index is 1.54. The van der Waals surface area contributed by atoms with Crippen LogP contribution in [0.4, 0.5) is 0 Å². The Morgan fingerprint density at radius 3 is 2.47 bits per heavy atom. The van der Waals surface area contributed by atoms with Crippen molar-refractivity contribution in [1.29, 1.82) is 0 Å². The molecule has 5 rings (SSSR count). The van der Waals surface area contributed by atoms with Crippen LogP contribution in [0.3, 0.4) is 0 Å². The Kier molecular flexibility index (Phi) is 6.80. The van der Waals surface area contributed by atoms with Crippen LogP contribution in [0.5, 0.6) is 0 Å². The Bertz CT molecular complexity index is 1350. The predicted molar refractivity (Wildman–Crippen MR) is 138 cm³/mol. The molecule has 6 nitrogen and oxygen atoms in total. The monoisotopic (exact) mass is 491 g/mol. The molecule has 3 heterocycles. The molecule has 1 saturated heterocycles. The van der Waals surface area contributed by atoms with Crippen LogP contribution in [-0.2, 0) is 16.1 Å². The van der Waals surface area contributed by atoms with Gasteiger partial charge in [-0.05, 0) is 24.1 Å². The first-order valence-corrected chi connectivity index (χ1v) is 13.0. The van der Waals surface area contributed by atoms with Gasteiger partial charge in [-0.15, -0.1) is 11.3 Å². The van der Waals surface area contributed by atoms with Gasteiger partial charge in [0.15, 0.2) is 5.16 Å². The highest BCUT2D eigenvalue weighted by molar-refractivity contribution is 8.00. The lowest BCUT2D eigenvalue weighted by atomic mass is 10.2. The number of hydrogen-bond acceptors (Lipinski definition) is 6. The maximum absolute atomic E-state index is 13.7. The summed E-state index contributed by atoms with van der Waals surface area (Å²) in [7, 11) is 0. The van der Waals surface area contributed by atoms with Crippen LogP contribution in [0.15, 0.2) is 76.7 Å². The maximum atomic E-state index is 13.7. The number of rotatable bonds is 6. The first-order chi connectivity index (χ1) is 16.6. The van der Waals surface area contributed by atoms with Crippen molar-refractivity contribution in [3.8, 4) is 10.4 Å². The van der Waals surface area contributed by atoms with E-state index in [4.69, 9.17) is 9.72 Å². The van der Waals surface area contributed by atoms with Crippen molar-refractivity contribution in [3.05, 3.63) is 82.6 Å². The molecule has 8 heteroatoms. The second kappa shape index (κ2) is 10.1. The molecule has 0 bridgehead atoms. The van der Waals surface area contributed by atoms with Crippen LogP contribution in [-0.4, -0.2) is 51.9 Å². The van der Waals surface area contributed by atoms with Crippen molar-refractivity contribution in [2.75, 3.05) is 26.3 Å². The van der Waals surface area contributed by atoms with Gasteiger partial charge < -0.3 is 9.64 Å². The van der Waals surface area contributed by atoms with Crippen LogP contribution in [0.25, 0.3) is 20.7 Å². The van der Waals surface area contributed by atoms with E-state index in [1.54, 1.807) is 4.57 Å². The lowest BCUT2D eigenvalue weighted by Crippen LogP contribution is -2.44. The van der Waals surface area contributed by atoms with Gasteiger partial charge in [0.05, 0.1) is 30.5 Å². The van der Waals surface area contributed by atoms with E-state index in [2.05, 4.69) is 0 Å². The SMILES string of the molecule is CC(Sc1nc2cc(-c3ccccc3)sc2c(=O)n1Cc1ccccc1)C(=O)N1CCOCC1. The highest BCUT2D eigenvalue weighted by Crippen LogP contribution is 2.33. The molecule has 0 saturated carbocycles. The Labute approximate surface area is 206 Å². The summed E-state index contributed by atoms with van der Waals surface area (Å²) in [6, 6.07) is 21.9. The standard InChI is InChI=1S/C26H25N3O3S2/c1-18(24(30)28-12-14-32-15-13-28)33-26-27-21-16-22(20-10-6-3-7-11-20)34-23(21)25(31)29(26)17-19-8-4-2-5-9-19/h2-11,16,18H,12-15,17H2,1H3. The summed E-state index contributed by atoms with van der Waals surface area (Å²) in [6.07, 6.45) is 0. The van der Waals surface area contributed by atoms with E-state index in [0.29, 0.717) is 48.2 Å². The number of carbonyl (C=O) groups excluding carboxylic acids is 1. The van der Waals surface area contributed by atoms with Gasteiger partial charge in [-0.25, -0.2) is 4.98 Å². The largest absolute Gasteiger partial charge is 0.378 e. The van der Waals surface area contributed by atoms with Crippen LogP contribution < -0.4 is 5.56 Å². The number of carbonyl (C=O) groups is 1. The summed E-state index contributed by atoms with van der Waals surface area (Å²) in [6.45, 7) is 4.60. The first-order valence-electron chi connectivity index (χ1n) is 11.3. The van der Waals surface area contributed by atoms with Crippen molar-refractivity contribution in [3.63, 3.8) is 0 Å². The average molecular weight is 492 g/mol. The molecule has 0 spiro atoms. The van der Waals surface area contributed by atoms with Crippen LogP contribution >= 0.6 is 23.1 Å². The number of ether oxygens (including phenoxy) is 1. The zero-order valence-corrected chi connectivity index (χ0v) is 20.5. The first kappa shape index (κ1) is 22.8. The molecular formula is C26H25N3O3S2. The number of thioether (sulfide) groups is 1. The number of aromatic nitrogens is 2. The fraction of sp³-hybridized carbons (Fsp3) is 0.269. The van der Waals surface area contributed by atoms with E-state index in [-0.39, 0.29) is 16.7 Å². The maximum Gasteiger partial charge on any atom is 0.272 e. The smallest absolute Gasteiger partial charge is 0.272 e. The minimum Gasteiger partial charge on any atom is -0.378 e. The summed E-state index contributed by atoms with van der Waals surface area (Å²) >= 11 is 2.81. The van der Waals surface area contributed by atoms with Gasteiger partial charge in [-0.1, -0.05) is 72.4 Å². The number of amides is 1. The van der Waals surface area contributed by atoms with Gasteiger partial charge in [0.2, 0.25) is 5.91 Å². The molecule has 0 radical (unpaired) electrons. The van der Waals surface area contributed by atoms with E-state index < -0.39 is 0 Å². The van der Waals surface area contributed by atoms with Gasteiger partial charge in [-0.3, -0.25) is 14.2 Å². The molecule has 0 aliphatic carbocycles. The third-order valence-electron chi connectivity index (χ3n) is 5.79. The topological polar surface area (TPSA) is 64.4 Å². The minimum absolute atomic E-state index is 0.0456. The zero-order chi connectivity index (χ0) is 23.5. The average Bonchev–Trinajstić information content (AvgIpc) is 3.32. The van der Waals surface area contributed by atoms with E-state index in [1.165, 1.54) is 23.1 Å². The van der Waals surface area contributed by atoms with Crippen molar-refractivity contribution < 1.29 is 9.53 Å². The molecule has 0 N–H and O–H groups in total. The quantitative estimate of drug-likeness (QED) is 0.293. The van der Waals surface area contributed by atoms with Crippen molar-refractivity contribution in [1.82, 2.24) is 14.5 Å². The fourth-order valence-corrected chi connectivity index (χ4v) is 6.02. The predicted octanol–water partition coefficient (Wildman–Crippen LogP) is 4.51. The molecule has 2 aromatic heterocycles. The molecule has 1 aliphatic rings.